The van der Waals surface area contributed by atoms with Crippen molar-refractivity contribution in [2.75, 3.05) is 0 Å². The summed E-state index contributed by atoms with van der Waals surface area (Å²) in [6, 6.07) is 73.4. The molecule has 0 amide bonds. The first-order chi connectivity index (χ1) is 34.0. The van der Waals surface area contributed by atoms with Crippen LogP contribution in [0, 0.1) is 0 Å². The van der Waals surface area contributed by atoms with Crippen molar-refractivity contribution in [3.05, 3.63) is 221 Å². The van der Waals surface area contributed by atoms with Crippen LogP contribution in [0.4, 0.5) is 0 Å². The highest BCUT2D eigenvalue weighted by Gasteiger charge is 2.54. The molecule has 1 aliphatic carbocycles. The van der Waals surface area contributed by atoms with Crippen LogP contribution in [0.5, 0.6) is 0 Å². The molecule has 0 N–H and O–H groups in total. The van der Waals surface area contributed by atoms with Crippen LogP contribution in [-0.2, 0) is 16.2 Å². The summed E-state index contributed by atoms with van der Waals surface area (Å²) in [6.07, 6.45) is 0. The molecule has 2 aromatic heterocycles. The third-order valence-electron chi connectivity index (χ3n) is 17.2. The van der Waals surface area contributed by atoms with E-state index in [9.17, 15) is 0 Å². The first-order valence-electron chi connectivity index (χ1n) is 25.2. The summed E-state index contributed by atoms with van der Waals surface area (Å²) < 4.78 is 5.41. The largest absolute Gasteiger partial charge is 0.310 e. The Morgan fingerprint density at radius 2 is 0.857 bits per heavy atom. The maximum Gasteiger partial charge on any atom is 0.252 e. The zero-order chi connectivity index (χ0) is 46.7. The number of benzene rings is 10. The number of rotatable bonds is 2. The van der Waals surface area contributed by atoms with Crippen molar-refractivity contribution in [1.82, 2.24) is 9.13 Å². The second-order valence-electron chi connectivity index (χ2n) is 22.7. The Labute approximate surface area is 408 Å². The van der Waals surface area contributed by atoms with Crippen molar-refractivity contribution in [2.24, 2.45) is 0 Å². The Bertz CT molecular complexity index is 4310. The minimum atomic E-state index is -0.574. The van der Waals surface area contributed by atoms with Crippen LogP contribution in [0.2, 0.25) is 0 Å². The van der Waals surface area contributed by atoms with Gasteiger partial charge < -0.3 is 9.13 Å². The summed E-state index contributed by atoms with van der Waals surface area (Å²) in [5.74, 6) is 0. The Morgan fingerprint density at radius 3 is 1.51 bits per heavy atom. The van der Waals surface area contributed by atoms with Crippen LogP contribution in [0.3, 0.4) is 0 Å². The normalized spacial score (nSPS) is 14.5. The lowest BCUT2D eigenvalue weighted by atomic mass is 9.33. The molecule has 70 heavy (non-hydrogen) atoms. The van der Waals surface area contributed by atoms with E-state index in [2.05, 4.69) is 239 Å². The van der Waals surface area contributed by atoms with Crippen LogP contribution in [-0.4, -0.2) is 15.8 Å². The molecule has 3 heteroatoms. The molecule has 0 bridgehead atoms. The average Bonchev–Trinajstić information content (AvgIpc) is 4.01. The molecule has 5 heterocycles. The summed E-state index contributed by atoms with van der Waals surface area (Å²) in [7, 11) is 0. The average molecular weight is 893 g/mol. The highest BCUT2D eigenvalue weighted by Crippen LogP contribution is 2.62. The first kappa shape index (κ1) is 39.0. The molecule has 0 saturated carbocycles. The van der Waals surface area contributed by atoms with E-state index in [1.54, 1.807) is 0 Å². The predicted molar refractivity (Wildman–Crippen MR) is 296 cm³/mol. The van der Waals surface area contributed by atoms with Crippen LogP contribution in [0.15, 0.2) is 188 Å². The Morgan fingerprint density at radius 1 is 0.357 bits per heavy atom. The summed E-state index contributed by atoms with van der Waals surface area (Å²) in [4.78, 5) is 0. The van der Waals surface area contributed by atoms with Crippen LogP contribution >= 0.6 is 0 Å². The second-order valence-corrected chi connectivity index (χ2v) is 22.7. The van der Waals surface area contributed by atoms with Gasteiger partial charge in [0.2, 0.25) is 0 Å². The van der Waals surface area contributed by atoms with Crippen molar-refractivity contribution in [2.45, 2.75) is 57.8 Å². The maximum absolute atomic E-state index is 2.73. The summed E-state index contributed by atoms with van der Waals surface area (Å²) >= 11 is 0. The highest BCUT2D eigenvalue weighted by molar-refractivity contribution is 7.00. The number of para-hydroxylation sites is 4. The van der Waals surface area contributed by atoms with Gasteiger partial charge in [0.25, 0.3) is 6.71 Å². The molecule has 0 unspecified atom stereocenters. The minimum absolute atomic E-state index is 0.00181. The van der Waals surface area contributed by atoms with Gasteiger partial charge >= 0.3 is 0 Å². The molecular formula is C67H49BN2. The van der Waals surface area contributed by atoms with Gasteiger partial charge in [0.05, 0.1) is 22.1 Å². The molecular weight excluding hydrogens is 844 g/mol. The number of aromatic nitrogens is 2. The standard InChI is InChI=1S/C67H49BN2/c1-65(2,3)39-34-38(35-40(36-39)66(4,5)6)41-32-33-44(43-19-8-7-18-42(41)43)51-37-55-64-59-63(51)69-58-31-14-11-22-47(58)48-24-16-29-56(61(48)69)68(59)57-30-17-25-50-49-23-15-28-54(60(49)70(64)62(50)57)67(55)52-26-12-9-20-45(52)46-21-10-13-27-53(46)67/h7-37H,1-6H3. The lowest BCUT2D eigenvalue weighted by Crippen LogP contribution is -2.60. The summed E-state index contributed by atoms with van der Waals surface area (Å²) in [5, 5.41) is 7.81. The topological polar surface area (TPSA) is 9.86 Å². The van der Waals surface area contributed by atoms with Gasteiger partial charge in [-0.05, 0) is 111 Å². The zero-order valence-electron chi connectivity index (χ0n) is 40.4. The van der Waals surface area contributed by atoms with E-state index in [1.807, 2.05) is 0 Å². The van der Waals surface area contributed by atoms with Gasteiger partial charge in [-0.2, -0.15) is 0 Å². The molecule has 0 radical (unpaired) electrons. The van der Waals surface area contributed by atoms with Crippen LogP contribution in [0.1, 0.15) is 74.9 Å². The predicted octanol–water partition coefficient (Wildman–Crippen LogP) is 14.8. The van der Waals surface area contributed by atoms with E-state index in [-0.39, 0.29) is 17.5 Å². The Balaban J connectivity index is 1.13. The van der Waals surface area contributed by atoms with Crippen LogP contribution < -0.4 is 16.4 Å². The lowest BCUT2D eigenvalue weighted by molar-refractivity contribution is 0.569. The molecule has 10 aromatic carbocycles. The summed E-state index contributed by atoms with van der Waals surface area (Å²) in [5.41, 5.74) is 27.4. The molecule has 0 saturated heterocycles. The lowest BCUT2D eigenvalue weighted by Gasteiger charge is -2.44. The summed E-state index contributed by atoms with van der Waals surface area (Å²) in [6.45, 7) is 14.1. The van der Waals surface area contributed by atoms with Gasteiger partial charge in [-0.1, -0.05) is 217 Å². The fourth-order valence-electron chi connectivity index (χ4n) is 14.2. The van der Waals surface area contributed by atoms with E-state index in [4.69, 9.17) is 0 Å². The second kappa shape index (κ2) is 12.9. The fraction of sp³-hybridized carbons (Fsp3) is 0.134. The molecule has 0 atom stereocenters. The third kappa shape index (κ3) is 4.54. The highest BCUT2D eigenvalue weighted by atomic mass is 15.1. The van der Waals surface area contributed by atoms with Gasteiger partial charge in [0.1, 0.15) is 0 Å². The number of fused-ring (bicyclic) bond motifs is 15. The molecule has 330 valence electrons. The van der Waals surface area contributed by atoms with Gasteiger partial charge in [-0.15, -0.1) is 0 Å². The first-order valence-corrected chi connectivity index (χ1v) is 25.2. The smallest absolute Gasteiger partial charge is 0.252 e. The van der Waals surface area contributed by atoms with Crippen molar-refractivity contribution >= 4 is 77.5 Å². The molecule has 3 aliphatic heterocycles. The molecule has 0 fully saturated rings. The number of hydrogen-bond donors (Lipinski definition) is 0. The monoisotopic (exact) mass is 892 g/mol. The van der Waals surface area contributed by atoms with E-state index in [1.165, 1.54) is 149 Å². The zero-order valence-corrected chi connectivity index (χ0v) is 40.4. The SMILES string of the molecule is CC(C)(C)c1cc(-c2ccc(-c3cc4c5c6c3-n3c7ccccc7c7cccc(c73)B6c3cccc6c7cccc(c7n-5c36)C43c4ccccc4-c4ccccc43)c3ccccc23)cc(C(C)(C)C)c1. The van der Waals surface area contributed by atoms with E-state index in [0.717, 1.165) is 0 Å². The van der Waals surface area contributed by atoms with E-state index in [0.29, 0.717) is 0 Å². The third-order valence-corrected chi connectivity index (χ3v) is 17.2. The molecule has 12 aromatic rings. The Hall–Kier alpha value is -7.88. The molecule has 1 spiro atoms. The molecule has 2 nitrogen and oxygen atoms in total. The van der Waals surface area contributed by atoms with Gasteiger partial charge in [-0.25, -0.2) is 0 Å². The quantitative estimate of drug-likeness (QED) is 0.153. The number of nitrogens with zero attached hydrogens (tertiary/aromatic N) is 2. The van der Waals surface area contributed by atoms with Gasteiger partial charge in [-0.3, -0.25) is 0 Å². The maximum atomic E-state index is 2.73. The fourth-order valence-corrected chi connectivity index (χ4v) is 14.2. The van der Waals surface area contributed by atoms with Crippen molar-refractivity contribution in [3.63, 3.8) is 0 Å². The van der Waals surface area contributed by atoms with Gasteiger partial charge in [0.15, 0.2) is 0 Å². The molecule has 16 rings (SSSR count). The molecule has 4 aliphatic rings. The van der Waals surface area contributed by atoms with Crippen molar-refractivity contribution in [3.8, 4) is 44.8 Å². The number of hydrogen-bond acceptors (Lipinski definition) is 0. The van der Waals surface area contributed by atoms with E-state index < -0.39 is 5.41 Å². The Kier molecular flexibility index (Phi) is 7.16. The minimum Gasteiger partial charge on any atom is -0.310 e. The van der Waals surface area contributed by atoms with Crippen molar-refractivity contribution in [1.29, 1.82) is 0 Å². The van der Waals surface area contributed by atoms with Crippen molar-refractivity contribution < 1.29 is 0 Å². The van der Waals surface area contributed by atoms with E-state index >= 15 is 0 Å². The van der Waals surface area contributed by atoms with Gasteiger partial charge in [0, 0.05) is 43.8 Å². The van der Waals surface area contributed by atoms with Crippen LogP contribution in [0.25, 0.3) is 99.1 Å².